The van der Waals surface area contributed by atoms with Crippen LogP contribution in [0.5, 0.6) is 0 Å². The van der Waals surface area contributed by atoms with E-state index in [9.17, 15) is 8.78 Å². The van der Waals surface area contributed by atoms with Crippen molar-refractivity contribution in [1.82, 2.24) is 15.3 Å². The lowest BCUT2D eigenvalue weighted by Gasteiger charge is -2.21. The number of piperidine rings is 1. The first-order chi connectivity index (χ1) is 9.74. The van der Waals surface area contributed by atoms with Gasteiger partial charge in [-0.15, -0.1) is 0 Å². The lowest BCUT2D eigenvalue weighted by atomic mass is 9.96. The van der Waals surface area contributed by atoms with Crippen LogP contribution in [0.15, 0.2) is 30.6 Å². The summed E-state index contributed by atoms with van der Waals surface area (Å²) in [7, 11) is 0. The van der Waals surface area contributed by atoms with Crippen LogP contribution in [0, 0.1) is 11.6 Å². The molecular formula is C15H15F2N3. The van der Waals surface area contributed by atoms with Gasteiger partial charge in [0.05, 0.1) is 17.6 Å². The maximum absolute atomic E-state index is 13.2. The third kappa shape index (κ3) is 2.67. The molecule has 0 radical (unpaired) electrons. The Labute approximate surface area is 116 Å². The van der Waals surface area contributed by atoms with E-state index in [1.54, 1.807) is 12.4 Å². The molecule has 1 aliphatic heterocycles. The highest BCUT2D eigenvalue weighted by Crippen LogP contribution is 2.23. The molecule has 0 amide bonds. The van der Waals surface area contributed by atoms with E-state index >= 15 is 0 Å². The molecule has 1 N–H and O–H groups in total. The average molecular weight is 275 g/mol. The summed E-state index contributed by atoms with van der Waals surface area (Å²) in [6.07, 6.45) is 5.59. The van der Waals surface area contributed by atoms with Crippen molar-refractivity contribution in [2.75, 3.05) is 13.1 Å². The van der Waals surface area contributed by atoms with Crippen molar-refractivity contribution in [2.45, 2.75) is 18.8 Å². The van der Waals surface area contributed by atoms with Gasteiger partial charge in [-0.1, -0.05) is 0 Å². The third-order valence-electron chi connectivity index (χ3n) is 3.60. The lowest BCUT2D eigenvalue weighted by Crippen LogP contribution is -2.28. The summed E-state index contributed by atoms with van der Waals surface area (Å²) in [4.78, 5) is 8.73. The van der Waals surface area contributed by atoms with Crippen LogP contribution in [0.2, 0.25) is 0 Å². The lowest BCUT2D eigenvalue weighted by molar-refractivity contribution is 0.454. The van der Waals surface area contributed by atoms with Gasteiger partial charge in [-0.25, -0.2) is 8.78 Å². The van der Waals surface area contributed by atoms with Crippen molar-refractivity contribution in [2.24, 2.45) is 0 Å². The molecule has 1 aliphatic rings. The molecule has 1 aromatic carbocycles. The minimum atomic E-state index is -0.871. The highest BCUT2D eigenvalue weighted by molar-refractivity contribution is 5.57. The van der Waals surface area contributed by atoms with Gasteiger partial charge in [0.25, 0.3) is 0 Å². The smallest absolute Gasteiger partial charge is 0.159 e. The van der Waals surface area contributed by atoms with E-state index in [1.807, 2.05) is 0 Å². The molecule has 3 rings (SSSR count). The van der Waals surface area contributed by atoms with Crippen LogP contribution in [0.25, 0.3) is 11.3 Å². The van der Waals surface area contributed by atoms with E-state index in [1.165, 1.54) is 6.07 Å². The number of benzene rings is 1. The first-order valence-corrected chi connectivity index (χ1v) is 6.72. The number of nitrogens with one attached hydrogen (secondary N) is 1. The summed E-state index contributed by atoms with van der Waals surface area (Å²) in [6.45, 7) is 1.97. The SMILES string of the molecule is Fc1ccc(-c2cnc(C3CCCNC3)cn2)cc1F. The molecule has 2 aromatic rings. The van der Waals surface area contributed by atoms with Crippen LogP contribution in [0.3, 0.4) is 0 Å². The van der Waals surface area contributed by atoms with Gasteiger partial charge in [0, 0.05) is 24.2 Å². The minimum Gasteiger partial charge on any atom is -0.316 e. The molecule has 1 saturated heterocycles. The van der Waals surface area contributed by atoms with E-state index in [0.29, 0.717) is 17.2 Å². The molecule has 0 bridgehead atoms. The topological polar surface area (TPSA) is 37.8 Å². The molecule has 1 unspecified atom stereocenters. The van der Waals surface area contributed by atoms with E-state index < -0.39 is 11.6 Å². The number of aromatic nitrogens is 2. The summed E-state index contributed by atoms with van der Waals surface area (Å²) in [5, 5.41) is 3.33. The van der Waals surface area contributed by atoms with Gasteiger partial charge >= 0.3 is 0 Å². The predicted octanol–water partition coefficient (Wildman–Crippen LogP) is 2.89. The normalized spacial score (nSPS) is 19.0. The minimum absolute atomic E-state index is 0.384. The van der Waals surface area contributed by atoms with Crippen LogP contribution < -0.4 is 5.32 Å². The fourth-order valence-corrected chi connectivity index (χ4v) is 2.46. The average Bonchev–Trinajstić information content (AvgIpc) is 2.51. The zero-order valence-electron chi connectivity index (χ0n) is 10.9. The number of halogens is 2. The maximum Gasteiger partial charge on any atom is 0.159 e. The van der Waals surface area contributed by atoms with Crippen LogP contribution in [-0.4, -0.2) is 23.1 Å². The van der Waals surface area contributed by atoms with E-state index in [4.69, 9.17) is 0 Å². The van der Waals surface area contributed by atoms with Crippen molar-refractivity contribution in [3.8, 4) is 11.3 Å². The quantitative estimate of drug-likeness (QED) is 0.915. The number of hydrogen-bond donors (Lipinski definition) is 1. The van der Waals surface area contributed by atoms with Crippen LogP contribution in [-0.2, 0) is 0 Å². The molecule has 0 aliphatic carbocycles. The van der Waals surface area contributed by atoms with Crippen molar-refractivity contribution in [3.63, 3.8) is 0 Å². The third-order valence-corrected chi connectivity index (χ3v) is 3.60. The molecule has 1 atom stereocenters. The molecule has 1 aromatic heterocycles. The number of hydrogen-bond acceptors (Lipinski definition) is 3. The largest absolute Gasteiger partial charge is 0.316 e. The molecule has 3 nitrogen and oxygen atoms in total. The number of nitrogens with zero attached hydrogens (tertiary/aromatic N) is 2. The molecule has 1 fully saturated rings. The maximum atomic E-state index is 13.2. The Balaban J connectivity index is 1.83. The summed E-state index contributed by atoms with van der Waals surface area (Å²) in [6, 6.07) is 3.75. The van der Waals surface area contributed by atoms with E-state index in [-0.39, 0.29) is 0 Å². The van der Waals surface area contributed by atoms with Gasteiger partial charge in [-0.2, -0.15) is 0 Å². The van der Waals surface area contributed by atoms with Gasteiger partial charge < -0.3 is 5.32 Å². The number of rotatable bonds is 2. The van der Waals surface area contributed by atoms with Crippen molar-refractivity contribution >= 4 is 0 Å². The molecule has 0 spiro atoms. The Kier molecular flexibility index (Phi) is 3.69. The molecule has 5 heteroatoms. The molecule has 104 valence electrons. The zero-order valence-corrected chi connectivity index (χ0v) is 10.9. The second kappa shape index (κ2) is 5.63. The molecule has 2 heterocycles. The first kappa shape index (κ1) is 13.1. The van der Waals surface area contributed by atoms with Gasteiger partial charge in [0.15, 0.2) is 11.6 Å². The zero-order chi connectivity index (χ0) is 13.9. The Morgan fingerprint density at radius 2 is 2.00 bits per heavy atom. The first-order valence-electron chi connectivity index (χ1n) is 6.72. The van der Waals surface area contributed by atoms with Crippen molar-refractivity contribution < 1.29 is 8.78 Å². The fraction of sp³-hybridized carbons (Fsp3) is 0.333. The molecule has 0 saturated carbocycles. The van der Waals surface area contributed by atoms with Crippen LogP contribution in [0.1, 0.15) is 24.5 Å². The fourth-order valence-electron chi connectivity index (χ4n) is 2.46. The summed E-state index contributed by atoms with van der Waals surface area (Å²) in [5.74, 6) is -1.34. The van der Waals surface area contributed by atoms with E-state index in [2.05, 4.69) is 15.3 Å². The van der Waals surface area contributed by atoms with Crippen molar-refractivity contribution in [3.05, 3.63) is 47.9 Å². The Hall–Kier alpha value is -1.88. The predicted molar refractivity (Wildman–Crippen MR) is 72.2 cm³/mol. The van der Waals surface area contributed by atoms with Gasteiger partial charge in [-0.3, -0.25) is 9.97 Å². The van der Waals surface area contributed by atoms with Crippen LogP contribution in [0.4, 0.5) is 8.78 Å². The highest BCUT2D eigenvalue weighted by atomic mass is 19.2. The summed E-state index contributed by atoms with van der Waals surface area (Å²) < 4.78 is 26.1. The van der Waals surface area contributed by atoms with Gasteiger partial charge in [0.1, 0.15) is 0 Å². The van der Waals surface area contributed by atoms with Gasteiger partial charge in [0.2, 0.25) is 0 Å². The molecule has 20 heavy (non-hydrogen) atoms. The summed E-state index contributed by atoms with van der Waals surface area (Å²) in [5.41, 5.74) is 2.03. The van der Waals surface area contributed by atoms with Gasteiger partial charge in [-0.05, 0) is 37.6 Å². The van der Waals surface area contributed by atoms with E-state index in [0.717, 1.165) is 43.8 Å². The second-order valence-corrected chi connectivity index (χ2v) is 5.00. The summed E-state index contributed by atoms with van der Waals surface area (Å²) >= 11 is 0. The van der Waals surface area contributed by atoms with Crippen LogP contribution >= 0.6 is 0 Å². The Bertz CT molecular complexity index is 593. The standard InChI is InChI=1S/C15H15F2N3/c16-12-4-3-10(6-13(12)17)14-8-20-15(9-19-14)11-2-1-5-18-7-11/h3-4,6,8-9,11,18H,1-2,5,7H2. The second-order valence-electron chi connectivity index (χ2n) is 5.00. The Morgan fingerprint density at radius 3 is 2.65 bits per heavy atom. The monoisotopic (exact) mass is 275 g/mol. The highest BCUT2D eigenvalue weighted by Gasteiger charge is 2.16. The van der Waals surface area contributed by atoms with Crippen molar-refractivity contribution in [1.29, 1.82) is 0 Å². The Morgan fingerprint density at radius 1 is 1.10 bits per heavy atom. The molecular weight excluding hydrogens is 260 g/mol.